The van der Waals surface area contributed by atoms with Crippen LogP contribution in [0.1, 0.15) is 0 Å². The Kier molecular flexibility index (Phi) is 2.68. The van der Waals surface area contributed by atoms with Crippen LogP contribution in [0.3, 0.4) is 0 Å². The van der Waals surface area contributed by atoms with Gasteiger partial charge in [0, 0.05) is 12.6 Å². The molecule has 0 aliphatic heterocycles. The van der Waals surface area contributed by atoms with Crippen LogP contribution in [-0.2, 0) is 7.05 Å². The highest BCUT2D eigenvalue weighted by molar-refractivity contribution is 6.33. The number of halogens is 2. The van der Waals surface area contributed by atoms with Gasteiger partial charge in [0.25, 0.3) is 0 Å². The quantitative estimate of drug-likeness (QED) is 0.735. The van der Waals surface area contributed by atoms with Crippen LogP contribution in [0.4, 0.5) is 4.39 Å². The van der Waals surface area contributed by atoms with Crippen molar-refractivity contribution in [2.75, 3.05) is 0 Å². The second-order valence-corrected chi connectivity index (χ2v) is 4.67. The van der Waals surface area contributed by atoms with Gasteiger partial charge < -0.3 is 9.67 Å². The normalized spacial score (nSPS) is 11.1. The molecule has 0 aliphatic rings. The molecule has 0 amide bonds. The van der Waals surface area contributed by atoms with Gasteiger partial charge in [0.1, 0.15) is 17.1 Å². The molecule has 1 aromatic heterocycles. The first-order valence-corrected chi connectivity index (χ1v) is 6.05. The van der Waals surface area contributed by atoms with E-state index in [2.05, 4.69) is 4.98 Å². The van der Waals surface area contributed by atoms with Gasteiger partial charge in [-0.1, -0.05) is 17.7 Å². The van der Waals surface area contributed by atoms with Crippen LogP contribution in [0.2, 0.25) is 5.02 Å². The number of hydrogen-bond acceptors (Lipinski definition) is 2. The summed E-state index contributed by atoms with van der Waals surface area (Å²) < 4.78 is 15.5. The van der Waals surface area contributed by atoms with Crippen molar-refractivity contribution in [2.24, 2.45) is 7.05 Å². The van der Waals surface area contributed by atoms with Crippen LogP contribution >= 0.6 is 11.6 Å². The summed E-state index contributed by atoms with van der Waals surface area (Å²) in [6, 6.07) is 9.38. The summed E-state index contributed by atoms with van der Waals surface area (Å²) in [6.07, 6.45) is 0. The highest BCUT2D eigenvalue weighted by Gasteiger charge is 2.15. The fourth-order valence-corrected chi connectivity index (χ4v) is 2.31. The van der Waals surface area contributed by atoms with Gasteiger partial charge in [0.15, 0.2) is 5.82 Å². The zero-order chi connectivity index (χ0) is 13.6. The molecule has 3 nitrogen and oxygen atoms in total. The third-order valence-corrected chi connectivity index (χ3v) is 3.38. The number of imidazole rings is 1. The van der Waals surface area contributed by atoms with Gasteiger partial charge in [-0.05, 0) is 30.3 Å². The van der Waals surface area contributed by atoms with E-state index in [0.717, 1.165) is 0 Å². The van der Waals surface area contributed by atoms with E-state index in [9.17, 15) is 9.50 Å². The summed E-state index contributed by atoms with van der Waals surface area (Å²) in [6.45, 7) is 0. The van der Waals surface area contributed by atoms with Crippen molar-refractivity contribution < 1.29 is 9.50 Å². The number of fused-ring (bicyclic) bond motifs is 1. The molecule has 1 heterocycles. The average molecular weight is 277 g/mol. The van der Waals surface area contributed by atoms with Crippen LogP contribution in [0.15, 0.2) is 36.4 Å². The van der Waals surface area contributed by atoms with Gasteiger partial charge >= 0.3 is 0 Å². The molecule has 3 rings (SSSR count). The van der Waals surface area contributed by atoms with E-state index in [1.165, 1.54) is 18.2 Å². The van der Waals surface area contributed by atoms with E-state index < -0.39 is 0 Å². The molecule has 3 aromatic rings. The highest BCUT2D eigenvalue weighted by atomic mass is 35.5. The lowest BCUT2D eigenvalue weighted by atomic mass is 10.2. The molecule has 0 saturated carbocycles. The predicted octanol–water partition coefficient (Wildman–Crippen LogP) is 3.74. The number of phenols is 1. The zero-order valence-electron chi connectivity index (χ0n) is 10.1. The van der Waals surface area contributed by atoms with Crippen LogP contribution in [0.25, 0.3) is 22.4 Å². The number of rotatable bonds is 1. The number of nitrogens with zero attached hydrogens (tertiary/aromatic N) is 2. The average Bonchev–Trinajstić information content (AvgIpc) is 2.72. The molecule has 0 fully saturated rings. The Labute approximate surface area is 113 Å². The van der Waals surface area contributed by atoms with E-state index >= 15 is 0 Å². The monoisotopic (exact) mass is 276 g/mol. The third-order valence-electron chi connectivity index (χ3n) is 3.05. The molecule has 0 aliphatic carbocycles. The second-order valence-electron chi connectivity index (χ2n) is 4.27. The standard InChI is InChI=1S/C14H10ClFN2O/c1-18-12-4-2-3-11(16)13(12)17-14(18)9-7-8(19)5-6-10(9)15/h2-7,19H,1H3. The molecule has 0 bridgehead atoms. The van der Waals surface area contributed by atoms with E-state index in [4.69, 9.17) is 11.6 Å². The van der Waals surface area contributed by atoms with Gasteiger partial charge in [0.2, 0.25) is 0 Å². The summed E-state index contributed by atoms with van der Waals surface area (Å²) in [4.78, 5) is 4.28. The summed E-state index contributed by atoms with van der Waals surface area (Å²) in [5.74, 6) is 0.226. The topological polar surface area (TPSA) is 38.0 Å². The Hall–Kier alpha value is -2.07. The van der Waals surface area contributed by atoms with E-state index in [1.807, 2.05) is 0 Å². The number of aromatic hydroxyl groups is 1. The highest BCUT2D eigenvalue weighted by Crippen LogP contribution is 2.32. The maximum atomic E-state index is 13.7. The molecule has 0 radical (unpaired) electrons. The van der Waals surface area contributed by atoms with E-state index in [0.29, 0.717) is 27.4 Å². The lowest BCUT2D eigenvalue weighted by Crippen LogP contribution is -1.93. The molecule has 2 aromatic carbocycles. The minimum atomic E-state index is -0.379. The number of hydrogen-bond donors (Lipinski definition) is 1. The number of aryl methyl sites for hydroxylation is 1. The Balaban J connectivity index is 2.34. The van der Waals surface area contributed by atoms with Gasteiger partial charge in [-0.15, -0.1) is 0 Å². The van der Waals surface area contributed by atoms with Crippen molar-refractivity contribution in [2.45, 2.75) is 0 Å². The molecule has 96 valence electrons. The lowest BCUT2D eigenvalue weighted by Gasteiger charge is -2.05. The van der Waals surface area contributed by atoms with Crippen molar-refractivity contribution in [1.82, 2.24) is 9.55 Å². The smallest absolute Gasteiger partial charge is 0.151 e. The second kappa shape index (κ2) is 4.24. The predicted molar refractivity (Wildman–Crippen MR) is 72.8 cm³/mol. The van der Waals surface area contributed by atoms with Crippen molar-refractivity contribution >= 4 is 22.6 Å². The molecular weight excluding hydrogens is 267 g/mol. The Morgan fingerprint density at radius 3 is 2.79 bits per heavy atom. The molecule has 0 spiro atoms. The number of phenolic OH excluding ortho intramolecular Hbond substituents is 1. The first kappa shape index (κ1) is 12.0. The fourth-order valence-electron chi connectivity index (χ4n) is 2.11. The van der Waals surface area contributed by atoms with Gasteiger partial charge in [-0.3, -0.25) is 0 Å². The van der Waals surface area contributed by atoms with Crippen molar-refractivity contribution in [3.05, 3.63) is 47.2 Å². The molecule has 1 N–H and O–H groups in total. The molecule has 0 unspecified atom stereocenters. The van der Waals surface area contributed by atoms with E-state index in [-0.39, 0.29) is 11.6 Å². The van der Waals surface area contributed by atoms with Crippen molar-refractivity contribution in [3.63, 3.8) is 0 Å². The molecular formula is C14H10ClFN2O. The minimum Gasteiger partial charge on any atom is -0.508 e. The van der Waals surface area contributed by atoms with Crippen LogP contribution in [0.5, 0.6) is 5.75 Å². The third kappa shape index (κ3) is 1.85. The molecule has 0 atom stereocenters. The van der Waals surface area contributed by atoms with Gasteiger partial charge in [-0.2, -0.15) is 0 Å². The molecule has 0 saturated heterocycles. The Morgan fingerprint density at radius 2 is 2.05 bits per heavy atom. The van der Waals surface area contributed by atoms with Crippen molar-refractivity contribution in [3.8, 4) is 17.1 Å². The maximum absolute atomic E-state index is 13.7. The summed E-state index contributed by atoms with van der Waals surface area (Å²) >= 11 is 6.11. The number of benzene rings is 2. The number of para-hydroxylation sites is 1. The van der Waals surface area contributed by atoms with Crippen molar-refractivity contribution in [1.29, 1.82) is 0 Å². The van der Waals surface area contributed by atoms with Gasteiger partial charge in [-0.25, -0.2) is 9.37 Å². The molecule has 5 heteroatoms. The van der Waals surface area contributed by atoms with Crippen LogP contribution in [-0.4, -0.2) is 14.7 Å². The van der Waals surface area contributed by atoms with Gasteiger partial charge in [0.05, 0.1) is 10.5 Å². The fraction of sp³-hybridized carbons (Fsp3) is 0.0714. The van der Waals surface area contributed by atoms with Crippen LogP contribution < -0.4 is 0 Å². The summed E-state index contributed by atoms with van der Waals surface area (Å²) in [7, 11) is 1.78. The largest absolute Gasteiger partial charge is 0.508 e. The summed E-state index contributed by atoms with van der Waals surface area (Å²) in [5.41, 5.74) is 1.54. The first-order chi connectivity index (χ1) is 9.08. The zero-order valence-corrected chi connectivity index (χ0v) is 10.8. The SMILES string of the molecule is Cn1c(-c2cc(O)ccc2Cl)nc2c(F)cccc21. The van der Waals surface area contributed by atoms with Crippen LogP contribution in [0, 0.1) is 5.82 Å². The number of aromatic nitrogens is 2. The Morgan fingerprint density at radius 1 is 1.26 bits per heavy atom. The van der Waals surface area contributed by atoms with E-state index in [1.54, 1.807) is 29.8 Å². The Bertz CT molecular complexity index is 782. The maximum Gasteiger partial charge on any atom is 0.151 e. The lowest BCUT2D eigenvalue weighted by molar-refractivity contribution is 0.475. The summed E-state index contributed by atoms with van der Waals surface area (Å²) in [5, 5.41) is 10.0. The molecule has 19 heavy (non-hydrogen) atoms. The first-order valence-electron chi connectivity index (χ1n) is 5.68. The minimum absolute atomic E-state index is 0.0897.